The van der Waals surface area contributed by atoms with Crippen molar-refractivity contribution in [3.8, 4) is 0 Å². The Bertz CT molecular complexity index is 202. The Balaban J connectivity index is 3.48. The summed E-state index contributed by atoms with van der Waals surface area (Å²) in [7, 11) is 1.62. The molecule has 0 aromatic rings. The van der Waals surface area contributed by atoms with Crippen molar-refractivity contribution in [3.63, 3.8) is 0 Å². The molecule has 1 amide bonds. The molecule has 96 valence electrons. The molecule has 0 aromatic heterocycles. The van der Waals surface area contributed by atoms with Crippen molar-refractivity contribution < 1.29 is 14.3 Å². The Kier molecular flexibility index (Phi) is 7.08. The number of hydrogen-bond acceptors (Lipinski definition) is 4. The summed E-state index contributed by atoms with van der Waals surface area (Å²) in [6.45, 7) is 6.63. The number of carbonyl (C=O) groups is 1. The topological polar surface area (TPSA) is 73.6 Å². The van der Waals surface area contributed by atoms with E-state index in [1.807, 2.05) is 20.8 Å². The SMILES string of the molecule is COCC(N)CCCNC(=O)OC(C)(C)C. The number of alkyl carbamates (subject to hydrolysis) is 1. The Morgan fingerprint density at radius 2 is 2.06 bits per heavy atom. The zero-order valence-electron chi connectivity index (χ0n) is 10.7. The molecule has 0 aliphatic heterocycles. The van der Waals surface area contributed by atoms with Gasteiger partial charge in [-0.1, -0.05) is 0 Å². The smallest absolute Gasteiger partial charge is 0.407 e. The third-order valence-electron chi connectivity index (χ3n) is 1.80. The molecule has 16 heavy (non-hydrogen) atoms. The molecule has 0 saturated carbocycles. The van der Waals surface area contributed by atoms with E-state index in [4.69, 9.17) is 15.2 Å². The molecular weight excluding hydrogens is 208 g/mol. The number of hydrogen-bond donors (Lipinski definition) is 2. The molecule has 1 atom stereocenters. The third kappa shape index (κ3) is 9.73. The van der Waals surface area contributed by atoms with E-state index in [2.05, 4.69) is 5.32 Å². The fourth-order valence-corrected chi connectivity index (χ4v) is 1.17. The molecule has 0 aromatic carbocycles. The van der Waals surface area contributed by atoms with Crippen LogP contribution < -0.4 is 11.1 Å². The molecule has 0 bridgehead atoms. The molecule has 0 aliphatic rings. The average Bonchev–Trinajstić information content (AvgIpc) is 2.10. The molecule has 5 heteroatoms. The summed E-state index contributed by atoms with van der Waals surface area (Å²) < 4.78 is 10.00. The number of amides is 1. The maximum absolute atomic E-state index is 11.2. The molecule has 3 N–H and O–H groups in total. The first-order valence-electron chi connectivity index (χ1n) is 5.56. The van der Waals surface area contributed by atoms with E-state index >= 15 is 0 Å². The van der Waals surface area contributed by atoms with Crippen LogP contribution in [0.2, 0.25) is 0 Å². The number of ether oxygens (including phenoxy) is 2. The first kappa shape index (κ1) is 15.2. The summed E-state index contributed by atoms with van der Waals surface area (Å²) >= 11 is 0. The average molecular weight is 232 g/mol. The van der Waals surface area contributed by atoms with Gasteiger partial charge in [0.25, 0.3) is 0 Å². The van der Waals surface area contributed by atoms with Gasteiger partial charge < -0.3 is 20.5 Å². The van der Waals surface area contributed by atoms with Gasteiger partial charge in [-0.2, -0.15) is 0 Å². The largest absolute Gasteiger partial charge is 0.444 e. The van der Waals surface area contributed by atoms with E-state index in [1.54, 1.807) is 7.11 Å². The van der Waals surface area contributed by atoms with E-state index in [-0.39, 0.29) is 12.1 Å². The van der Waals surface area contributed by atoms with Crippen molar-refractivity contribution in [3.05, 3.63) is 0 Å². The Labute approximate surface area is 97.7 Å². The monoisotopic (exact) mass is 232 g/mol. The van der Waals surface area contributed by atoms with Gasteiger partial charge >= 0.3 is 6.09 Å². The van der Waals surface area contributed by atoms with Crippen molar-refractivity contribution in [2.75, 3.05) is 20.3 Å². The van der Waals surface area contributed by atoms with Crippen molar-refractivity contribution in [2.45, 2.75) is 45.3 Å². The van der Waals surface area contributed by atoms with Crippen LogP contribution in [0.5, 0.6) is 0 Å². The highest BCUT2D eigenvalue weighted by atomic mass is 16.6. The predicted octanol–water partition coefficient (Wildman–Crippen LogP) is 1.26. The summed E-state index contributed by atoms with van der Waals surface area (Å²) in [5.74, 6) is 0. The minimum atomic E-state index is -0.448. The predicted molar refractivity (Wildman–Crippen MR) is 63.3 cm³/mol. The number of nitrogens with two attached hydrogens (primary N) is 1. The Hall–Kier alpha value is -0.810. The maximum Gasteiger partial charge on any atom is 0.407 e. The second kappa shape index (κ2) is 7.46. The van der Waals surface area contributed by atoms with Gasteiger partial charge in [0, 0.05) is 19.7 Å². The van der Waals surface area contributed by atoms with Crippen LogP contribution in [0.15, 0.2) is 0 Å². The van der Waals surface area contributed by atoms with Crippen LogP contribution >= 0.6 is 0 Å². The Morgan fingerprint density at radius 3 is 2.56 bits per heavy atom. The molecular formula is C11H24N2O3. The number of nitrogens with one attached hydrogen (secondary N) is 1. The van der Waals surface area contributed by atoms with Crippen LogP contribution in [0.3, 0.4) is 0 Å². The molecule has 0 radical (unpaired) electrons. The zero-order valence-corrected chi connectivity index (χ0v) is 10.7. The van der Waals surface area contributed by atoms with E-state index in [0.29, 0.717) is 13.2 Å². The highest BCUT2D eigenvalue weighted by Gasteiger charge is 2.15. The number of rotatable bonds is 6. The van der Waals surface area contributed by atoms with Crippen LogP contribution in [0.25, 0.3) is 0 Å². The summed E-state index contributed by atoms with van der Waals surface area (Å²) in [6.07, 6.45) is 1.26. The fraction of sp³-hybridized carbons (Fsp3) is 0.909. The highest BCUT2D eigenvalue weighted by Crippen LogP contribution is 2.06. The second-order valence-electron chi connectivity index (χ2n) is 4.79. The molecule has 0 aliphatic carbocycles. The van der Waals surface area contributed by atoms with Gasteiger partial charge in [0.05, 0.1) is 6.61 Å². The lowest BCUT2D eigenvalue weighted by molar-refractivity contribution is 0.0526. The quantitative estimate of drug-likeness (QED) is 0.676. The molecule has 0 rings (SSSR count). The van der Waals surface area contributed by atoms with Gasteiger partial charge in [-0.3, -0.25) is 0 Å². The van der Waals surface area contributed by atoms with E-state index in [0.717, 1.165) is 12.8 Å². The zero-order chi connectivity index (χ0) is 12.6. The first-order valence-corrected chi connectivity index (χ1v) is 5.56. The van der Waals surface area contributed by atoms with E-state index in [1.165, 1.54) is 0 Å². The van der Waals surface area contributed by atoms with Gasteiger partial charge in [-0.25, -0.2) is 4.79 Å². The minimum Gasteiger partial charge on any atom is -0.444 e. The lowest BCUT2D eigenvalue weighted by atomic mass is 10.2. The van der Waals surface area contributed by atoms with Crippen LogP contribution in [0, 0.1) is 0 Å². The Morgan fingerprint density at radius 1 is 1.44 bits per heavy atom. The first-order chi connectivity index (χ1) is 7.35. The fourth-order valence-electron chi connectivity index (χ4n) is 1.17. The molecule has 0 heterocycles. The van der Waals surface area contributed by atoms with Gasteiger partial charge in [0.1, 0.15) is 5.60 Å². The van der Waals surface area contributed by atoms with Gasteiger partial charge in [-0.15, -0.1) is 0 Å². The molecule has 0 spiro atoms. The van der Waals surface area contributed by atoms with Crippen molar-refractivity contribution >= 4 is 6.09 Å². The standard InChI is InChI=1S/C11H24N2O3/c1-11(2,3)16-10(14)13-7-5-6-9(12)8-15-4/h9H,5-8,12H2,1-4H3,(H,13,14). The van der Waals surface area contributed by atoms with Crippen LogP contribution in [-0.2, 0) is 9.47 Å². The summed E-state index contributed by atoms with van der Waals surface area (Å²) in [6, 6.07) is 0.0328. The molecule has 5 nitrogen and oxygen atoms in total. The van der Waals surface area contributed by atoms with Crippen molar-refractivity contribution in [1.29, 1.82) is 0 Å². The molecule has 1 unspecified atom stereocenters. The third-order valence-corrected chi connectivity index (χ3v) is 1.80. The van der Waals surface area contributed by atoms with Crippen LogP contribution in [0.1, 0.15) is 33.6 Å². The van der Waals surface area contributed by atoms with E-state index in [9.17, 15) is 4.79 Å². The lowest BCUT2D eigenvalue weighted by Gasteiger charge is -2.19. The highest BCUT2D eigenvalue weighted by molar-refractivity contribution is 5.67. The van der Waals surface area contributed by atoms with Gasteiger partial charge in [0.2, 0.25) is 0 Å². The van der Waals surface area contributed by atoms with Crippen molar-refractivity contribution in [1.82, 2.24) is 5.32 Å². The second-order valence-corrected chi connectivity index (χ2v) is 4.79. The van der Waals surface area contributed by atoms with Gasteiger partial charge in [0.15, 0.2) is 0 Å². The molecule has 0 fully saturated rings. The maximum atomic E-state index is 11.2. The van der Waals surface area contributed by atoms with Crippen LogP contribution in [-0.4, -0.2) is 38.0 Å². The van der Waals surface area contributed by atoms with Crippen LogP contribution in [0.4, 0.5) is 4.79 Å². The number of methoxy groups -OCH3 is 1. The summed E-state index contributed by atoms with van der Waals surface area (Å²) in [5, 5.41) is 2.68. The van der Waals surface area contributed by atoms with Crippen molar-refractivity contribution in [2.24, 2.45) is 5.73 Å². The lowest BCUT2D eigenvalue weighted by Crippen LogP contribution is -2.34. The molecule has 0 saturated heterocycles. The number of carbonyl (C=O) groups excluding carboxylic acids is 1. The summed E-state index contributed by atoms with van der Waals surface area (Å²) in [4.78, 5) is 11.2. The normalized spacial score (nSPS) is 13.3. The summed E-state index contributed by atoms with van der Waals surface area (Å²) in [5.41, 5.74) is 5.29. The minimum absolute atomic E-state index is 0.0328. The van der Waals surface area contributed by atoms with E-state index < -0.39 is 5.60 Å². The van der Waals surface area contributed by atoms with Gasteiger partial charge in [-0.05, 0) is 33.6 Å².